The molecule has 0 bridgehead atoms. The SMILES string of the molecule is COC1CCN(C(=O)c2ccncc2F)C(CN)C1.Cl.Cl. The third-order valence-corrected chi connectivity index (χ3v) is 3.54. The second-order valence-electron chi connectivity index (χ2n) is 4.63. The number of carbonyl (C=O) groups is 1. The van der Waals surface area contributed by atoms with Crippen molar-refractivity contribution in [1.82, 2.24) is 9.88 Å². The first-order valence-corrected chi connectivity index (χ1v) is 6.30. The van der Waals surface area contributed by atoms with Gasteiger partial charge in [0.25, 0.3) is 5.91 Å². The number of piperidine rings is 1. The molecule has 21 heavy (non-hydrogen) atoms. The average molecular weight is 340 g/mol. The number of amides is 1. The molecule has 2 atom stereocenters. The number of halogens is 3. The van der Waals surface area contributed by atoms with Crippen molar-refractivity contribution in [1.29, 1.82) is 0 Å². The summed E-state index contributed by atoms with van der Waals surface area (Å²) in [5, 5.41) is 0. The highest BCUT2D eigenvalue weighted by atomic mass is 35.5. The smallest absolute Gasteiger partial charge is 0.257 e. The number of hydrogen-bond acceptors (Lipinski definition) is 4. The highest BCUT2D eigenvalue weighted by Gasteiger charge is 2.32. The maximum absolute atomic E-state index is 13.6. The van der Waals surface area contributed by atoms with Crippen molar-refractivity contribution >= 4 is 30.7 Å². The van der Waals surface area contributed by atoms with E-state index in [4.69, 9.17) is 10.5 Å². The maximum Gasteiger partial charge on any atom is 0.257 e. The molecule has 5 nitrogen and oxygen atoms in total. The molecular formula is C13H20Cl2FN3O2. The van der Waals surface area contributed by atoms with Crippen molar-refractivity contribution in [3.8, 4) is 0 Å². The van der Waals surface area contributed by atoms with Crippen LogP contribution < -0.4 is 5.73 Å². The first kappa shape index (κ1) is 20.1. The number of rotatable bonds is 3. The van der Waals surface area contributed by atoms with Gasteiger partial charge in [-0.15, -0.1) is 24.8 Å². The lowest BCUT2D eigenvalue weighted by atomic mass is 9.98. The molecule has 1 saturated heterocycles. The fourth-order valence-electron chi connectivity index (χ4n) is 2.42. The van der Waals surface area contributed by atoms with E-state index in [1.54, 1.807) is 12.0 Å². The lowest BCUT2D eigenvalue weighted by Crippen LogP contribution is -2.51. The topological polar surface area (TPSA) is 68.5 Å². The number of nitrogens with two attached hydrogens (primary N) is 1. The molecule has 1 fully saturated rings. The van der Waals surface area contributed by atoms with Crippen LogP contribution in [0.5, 0.6) is 0 Å². The predicted molar refractivity (Wildman–Crippen MR) is 82.6 cm³/mol. The lowest BCUT2D eigenvalue weighted by Gasteiger charge is -2.38. The van der Waals surface area contributed by atoms with Crippen LogP contribution in [-0.2, 0) is 4.74 Å². The van der Waals surface area contributed by atoms with E-state index in [0.717, 1.165) is 12.6 Å². The Morgan fingerprint density at radius 3 is 2.86 bits per heavy atom. The quantitative estimate of drug-likeness (QED) is 0.908. The summed E-state index contributed by atoms with van der Waals surface area (Å²) < 4.78 is 18.9. The Kier molecular flexibility index (Phi) is 8.73. The van der Waals surface area contributed by atoms with Crippen molar-refractivity contribution in [3.63, 3.8) is 0 Å². The van der Waals surface area contributed by atoms with Crippen LogP contribution in [0.15, 0.2) is 18.5 Å². The minimum Gasteiger partial charge on any atom is -0.381 e. The first-order valence-electron chi connectivity index (χ1n) is 6.30. The summed E-state index contributed by atoms with van der Waals surface area (Å²) in [4.78, 5) is 17.6. The van der Waals surface area contributed by atoms with Crippen LogP contribution in [0.4, 0.5) is 4.39 Å². The molecule has 0 spiro atoms. The zero-order chi connectivity index (χ0) is 13.8. The number of aromatic nitrogens is 1. The van der Waals surface area contributed by atoms with Crippen LogP contribution in [0.25, 0.3) is 0 Å². The summed E-state index contributed by atoms with van der Waals surface area (Å²) in [5.41, 5.74) is 5.75. The van der Waals surface area contributed by atoms with Crippen LogP contribution in [0.3, 0.4) is 0 Å². The van der Waals surface area contributed by atoms with Gasteiger partial charge in [0.05, 0.1) is 17.9 Å². The Morgan fingerprint density at radius 1 is 1.57 bits per heavy atom. The average Bonchev–Trinajstić information content (AvgIpc) is 2.46. The Balaban J connectivity index is 0.00000200. The van der Waals surface area contributed by atoms with E-state index in [9.17, 15) is 9.18 Å². The number of methoxy groups -OCH3 is 1. The molecule has 0 saturated carbocycles. The fraction of sp³-hybridized carbons (Fsp3) is 0.538. The van der Waals surface area contributed by atoms with Crippen molar-refractivity contribution in [2.24, 2.45) is 5.73 Å². The van der Waals surface area contributed by atoms with Gasteiger partial charge < -0.3 is 15.4 Å². The van der Waals surface area contributed by atoms with E-state index in [0.29, 0.717) is 19.5 Å². The number of likely N-dealkylation sites (tertiary alicyclic amines) is 1. The van der Waals surface area contributed by atoms with Gasteiger partial charge in [0.2, 0.25) is 0 Å². The molecule has 2 N–H and O–H groups in total. The third-order valence-electron chi connectivity index (χ3n) is 3.54. The number of hydrogen-bond donors (Lipinski definition) is 1. The number of carbonyl (C=O) groups excluding carboxylic acids is 1. The van der Waals surface area contributed by atoms with Crippen molar-refractivity contribution in [2.75, 3.05) is 20.2 Å². The number of pyridine rings is 1. The molecule has 120 valence electrons. The minimum atomic E-state index is -0.600. The van der Waals surface area contributed by atoms with Gasteiger partial charge in [0.1, 0.15) is 0 Å². The molecule has 0 aliphatic carbocycles. The molecule has 1 aromatic heterocycles. The molecule has 2 heterocycles. The van der Waals surface area contributed by atoms with Gasteiger partial charge in [0, 0.05) is 32.4 Å². The van der Waals surface area contributed by atoms with E-state index in [-0.39, 0.29) is 48.4 Å². The third kappa shape index (κ3) is 4.51. The van der Waals surface area contributed by atoms with Gasteiger partial charge in [-0.2, -0.15) is 0 Å². The van der Waals surface area contributed by atoms with Crippen molar-refractivity contribution < 1.29 is 13.9 Å². The van der Waals surface area contributed by atoms with E-state index in [1.165, 1.54) is 12.3 Å². The van der Waals surface area contributed by atoms with Crippen LogP contribution >= 0.6 is 24.8 Å². The molecule has 8 heteroatoms. The van der Waals surface area contributed by atoms with Gasteiger partial charge in [-0.1, -0.05) is 0 Å². The second-order valence-corrected chi connectivity index (χ2v) is 4.63. The van der Waals surface area contributed by atoms with Crippen LogP contribution in [-0.4, -0.2) is 48.1 Å². The van der Waals surface area contributed by atoms with E-state index in [1.807, 2.05) is 0 Å². The highest BCUT2D eigenvalue weighted by Crippen LogP contribution is 2.22. The molecule has 1 aliphatic rings. The summed E-state index contributed by atoms with van der Waals surface area (Å²) in [6.07, 6.45) is 4.00. The highest BCUT2D eigenvalue weighted by molar-refractivity contribution is 5.94. The van der Waals surface area contributed by atoms with Crippen LogP contribution in [0.1, 0.15) is 23.2 Å². The normalized spacial score (nSPS) is 21.2. The molecule has 0 aromatic carbocycles. The lowest BCUT2D eigenvalue weighted by molar-refractivity contribution is 0.0137. The molecule has 2 rings (SSSR count). The molecular weight excluding hydrogens is 320 g/mol. The summed E-state index contributed by atoms with van der Waals surface area (Å²) >= 11 is 0. The zero-order valence-electron chi connectivity index (χ0n) is 11.7. The molecule has 1 amide bonds. The number of nitrogens with zero attached hydrogens (tertiary/aromatic N) is 2. The Bertz CT molecular complexity index is 465. The Morgan fingerprint density at radius 2 is 2.29 bits per heavy atom. The summed E-state index contributed by atoms with van der Waals surface area (Å²) in [7, 11) is 1.65. The standard InChI is InChI=1S/C13H18FN3O2.2ClH/c1-19-10-3-5-17(9(6-10)7-15)13(18)11-2-4-16-8-12(11)14;;/h2,4,8-10H,3,5-7,15H2,1H3;2*1H. The van der Waals surface area contributed by atoms with E-state index >= 15 is 0 Å². The molecule has 1 aliphatic heterocycles. The zero-order valence-corrected chi connectivity index (χ0v) is 13.3. The Labute approximate surface area is 135 Å². The van der Waals surface area contributed by atoms with E-state index < -0.39 is 5.82 Å². The largest absolute Gasteiger partial charge is 0.381 e. The van der Waals surface area contributed by atoms with Crippen molar-refractivity contribution in [2.45, 2.75) is 25.0 Å². The number of ether oxygens (including phenoxy) is 1. The van der Waals surface area contributed by atoms with Gasteiger partial charge in [-0.25, -0.2) is 4.39 Å². The molecule has 2 unspecified atom stereocenters. The monoisotopic (exact) mass is 339 g/mol. The van der Waals surface area contributed by atoms with Gasteiger partial charge in [0.15, 0.2) is 5.82 Å². The maximum atomic E-state index is 13.6. The van der Waals surface area contributed by atoms with Crippen LogP contribution in [0, 0.1) is 5.82 Å². The van der Waals surface area contributed by atoms with Crippen LogP contribution in [0.2, 0.25) is 0 Å². The van der Waals surface area contributed by atoms with Crippen molar-refractivity contribution in [3.05, 3.63) is 29.8 Å². The molecule has 0 radical (unpaired) electrons. The van der Waals surface area contributed by atoms with Gasteiger partial charge in [-0.3, -0.25) is 9.78 Å². The van der Waals surface area contributed by atoms with Gasteiger partial charge >= 0.3 is 0 Å². The fourth-order valence-corrected chi connectivity index (χ4v) is 2.42. The summed E-state index contributed by atoms with van der Waals surface area (Å²) in [6, 6.07) is 1.28. The Hall–Kier alpha value is -0.950. The minimum absolute atomic E-state index is 0. The first-order chi connectivity index (χ1) is 9.17. The summed E-state index contributed by atoms with van der Waals surface area (Å²) in [6.45, 7) is 0.874. The van der Waals surface area contributed by atoms with E-state index in [2.05, 4.69) is 4.98 Å². The molecule has 1 aromatic rings. The van der Waals surface area contributed by atoms with Gasteiger partial charge in [-0.05, 0) is 18.9 Å². The second kappa shape index (κ2) is 9.15. The predicted octanol–water partition coefficient (Wildman–Crippen LogP) is 1.64. The summed E-state index contributed by atoms with van der Waals surface area (Å²) in [5.74, 6) is -0.929.